The maximum absolute atomic E-state index is 14.0. The van der Waals surface area contributed by atoms with Crippen LogP contribution in [0.2, 0.25) is 0 Å². The van der Waals surface area contributed by atoms with Crippen LogP contribution in [0.25, 0.3) is 10.8 Å². The number of nitrogens with zero attached hydrogens (tertiary/aromatic N) is 1. The molecule has 2 aliphatic rings. The van der Waals surface area contributed by atoms with Gasteiger partial charge in [-0.3, -0.25) is 19.2 Å². The van der Waals surface area contributed by atoms with E-state index in [4.69, 9.17) is 0 Å². The first-order chi connectivity index (χ1) is 23.0. The van der Waals surface area contributed by atoms with Crippen molar-refractivity contribution in [3.05, 3.63) is 83.9 Å². The minimum absolute atomic E-state index is 0.125. The number of rotatable bonds is 7. The van der Waals surface area contributed by atoms with Crippen LogP contribution in [-0.4, -0.2) is 53.7 Å². The summed E-state index contributed by atoms with van der Waals surface area (Å²) in [6.07, 6.45) is 10.6. The zero-order chi connectivity index (χ0) is 32.8. The number of hydrogen-bond acceptors (Lipinski definition) is 4. The lowest BCUT2D eigenvalue weighted by Gasteiger charge is -2.26. The molecule has 8 heteroatoms. The van der Waals surface area contributed by atoms with Crippen LogP contribution >= 0.6 is 0 Å². The number of amides is 4. The molecule has 0 saturated carbocycles. The van der Waals surface area contributed by atoms with Gasteiger partial charge in [0.1, 0.15) is 12.1 Å². The van der Waals surface area contributed by atoms with Crippen molar-refractivity contribution >= 4 is 34.4 Å². The lowest BCUT2D eigenvalue weighted by atomic mass is 9.92. The summed E-state index contributed by atoms with van der Waals surface area (Å²) in [7, 11) is 0. The quantitative estimate of drug-likeness (QED) is 0.303. The molecular formula is C39H50N4O4. The highest BCUT2D eigenvalue weighted by Crippen LogP contribution is 2.21. The molecule has 0 spiro atoms. The molecular weight excluding hydrogens is 588 g/mol. The second-order valence-electron chi connectivity index (χ2n) is 13.2. The van der Waals surface area contributed by atoms with Gasteiger partial charge < -0.3 is 20.9 Å². The Labute approximate surface area is 279 Å². The fraction of sp³-hybridized carbons (Fsp3) is 0.487. The van der Waals surface area contributed by atoms with Crippen LogP contribution in [0.1, 0.15) is 88.2 Å². The van der Waals surface area contributed by atoms with Crippen molar-refractivity contribution in [2.45, 2.75) is 102 Å². The van der Waals surface area contributed by atoms with Crippen molar-refractivity contribution < 1.29 is 19.2 Å². The minimum Gasteiger partial charge on any atom is -0.350 e. The predicted octanol–water partition coefficient (Wildman–Crippen LogP) is 5.82. The molecule has 2 saturated heterocycles. The van der Waals surface area contributed by atoms with E-state index in [1.807, 2.05) is 72.8 Å². The third-order valence-electron chi connectivity index (χ3n) is 9.68. The topological polar surface area (TPSA) is 108 Å². The average molecular weight is 639 g/mol. The summed E-state index contributed by atoms with van der Waals surface area (Å²) in [6.45, 7) is 1.66. The molecule has 250 valence electrons. The van der Waals surface area contributed by atoms with Crippen LogP contribution in [0.4, 0.5) is 0 Å². The van der Waals surface area contributed by atoms with Crippen LogP contribution < -0.4 is 16.0 Å². The molecule has 3 aromatic rings. The number of carbonyl (C=O) groups excluding carboxylic acids is 4. The fourth-order valence-corrected chi connectivity index (χ4v) is 6.91. The summed E-state index contributed by atoms with van der Waals surface area (Å²) < 4.78 is 0. The Hall–Kier alpha value is -4.20. The van der Waals surface area contributed by atoms with Gasteiger partial charge in [0, 0.05) is 25.6 Å². The van der Waals surface area contributed by atoms with Gasteiger partial charge in [0.05, 0.1) is 6.42 Å². The molecule has 3 aromatic carbocycles. The molecule has 47 heavy (non-hydrogen) atoms. The van der Waals surface area contributed by atoms with Crippen molar-refractivity contribution in [2.24, 2.45) is 5.92 Å². The molecule has 0 aliphatic carbocycles. The van der Waals surface area contributed by atoms with Gasteiger partial charge in [0.25, 0.3) is 0 Å². The molecule has 3 atom stereocenters. The van der Waals surface area contributed by atoms with Crippen LogP contribution in [0.15, 0.2) is 72.8 Å². The van der Waals surface area contributed by atoms with Gasteiger partial charge in [0.2, 0.25) is 23.6 Å². The number of nitrogens with one attached hydrogen (secondary N) is 3. The predicted molar refractivity (Wildman–Crippen MR) is 185 cm³/mol. The van der Waals surface area contributed by atoms with Crippen LogP contribution in [-0.2, 0) is 32.1 Å². The third-order valence-corrected chi connectivity index (χ3v) is 9.68. The Balaban J connectivity index is 1.34. The van der Waals surface area contributed by atoms with Gasteiger partial charge in [-0.2, -0.15) is 0 Å². The lowest BCUT2D eigenvalue weighted by molar-refractivity contribution is -0.137. The van der Waals surface area contributed by atoms with Gasteiger partial charge in [-0.05, 0) is 54.0 Å². The summed E-state index contributed by atoms with van der Waals surface area (Å²) >= 11 is 0. The molecule has 8 nitrogen and oxygen atoms in total. The zero-order valence-electron chi connectivity index (χ0n) is 27.6. The normalized spacial score (nSPS) is 22.0. The monoisotopic (exact) mass is 638 g/mol. The highest BCUT2D eigenvalue weighted by molar-refractivity contribution is 5.95. The van der Waals surface area contributed by atoms with Crippen molar-refractivity contribution in [2.75, 3.05) is 13.1 Å². The van der Waals surface area contributed by atoms with Gasteiger partial charge >= 0.3 is 0 Å². The van der Waals surface area contributed by atoms with Gasteiger partial charge in [-0.15, -0.1) is 0 Å². The maximum Gasteiger partial charge on any atom is 0.243 e. The molecule has 2 heterocycles. The van der Waals surface area contributed by atoms with E-state index in [0.717, 1.165) is 79.7 Å². The Kier molecular flexibility index (Phi) is 12.8. The van der Waals surface area contributed by atoms with Crippen LogP contribution in [0, 0.1) is 5.92 Å². The largest absolute Gasteiger partial charge is 0.350 e. The molecule has 5 rings (SSSR count). The summed E-state index contributed by atoms with van der Waals surface area (Å²) in [5.74, 6) is -1.42. The van der Waals surface area contributed by atoms with Crippen molar-refractivity contribution in [3.8, 4) is 0 Å². The average Bonchev–Trinajstić information content (AvgIpc) is 3.64. The van der Waals surface area contributed by atoms with E-state index in [2.05, 4.69) is 16.0 Å². The lowest BCUT2D eigenvalue weighted by Crippen LogP contribution is -2.55. The number of carbonyl (C=O) groups is 4. The second kappa shape index (κ2) is 17.6. The second-order valence-corrected chi connectivity index (χ2v) is 13.2. The molecule has 0 aromatic heterocycles. The van der Waals surface area contributed by atoms with E-state index >= 15 is 0 Å². The summed E-state index contributed by atoms with van der Waals surface area (Å²) in [6, 6.07) is 22.2. The standard InChI is InChI=1S/C39H50N4O4/c44-36(43-24-13-14-25-43)27-35-39(47)41-34(38(46)40-28-32-21-15-20-30-18-11-12-22-33(30)32)23-10-5-3-1-2-4-9-19-31(37(45)42-35)26-29-16-7-6-8-17-29/h6-8,11-12,15-18,20-22,31,34-35H,1-5,9-10,13-14,19,23-28H2,(H,40,46)(H,41,47)(H,42,45)/t31-,34-,35-/m0/s1. The molecule has 0 radical (unpaired) electrons. The van der Waals surface area contributed by atoms with E-state index in [0.29, 0.717) is 38.9 Å². The maximum atomic E-state index is 14.0. The Morgan fingerprint density at radius 1 is 0.702 bits per heavy atom. The van der Waals surface area contributed by atoms with Crippen molar-refractivity contribution in [3.63, 3.8) is 0 Å². The summed E-state index contributed by atoms with van der Waals surface area (Å²) in [5, 5.41) is 11.2. The highest BCUT2D eigenvalue weighted by Gasteiger charge is 2.32. The van der Waals surface area contributed by atoms with Gasteiger partial charge in [-0.25, -0.2) is 0 Å². The zero-order valence-corrected chi connectivity index (χ0v) is 27.6. The summed E-state index contributed by atoms with van der Waals surface area (Å²) in [4.78, 5) is 56.5. The van der Waals surface area contributed by atoms with Crippen molar-refractivity contribution in [1.82, 2.24) is 20.9 Å². The first-order valence-corrected chi connectivity index (χ1v) is 17.6. The Morgan fingerprint density at radius 3 is 2.13 bits per heavy atom. The Morgan fingerprint density at radius 2 is 1.36 bits per heavy atom. The number of benzene rings is 3. The molecule has 3 N–H and O–H groups in total. The SMILES string of the molecule is O=C1N[C@@H](CC(=O)N2CCCC2)C(=O)N[C@H](C(=O)NCc2cccc3ccccc23)CCCCCCCCC[C@H]1Cc1ccccc1. The molecule has 4 amide bonds. The van der Waals surface area contributed by atoms with E-state index in [-0.39, 0.29) is 30.1 Å². The van der Waals surface area contributed by atoms with Gasteiger partial charge in [-0.1, -0.05) is 118 Å². The molecule has 0 unspecified atom stereocenters. The third kappa shape index (κ3) is 10.1. The van der Waals surface area contributed by atoms with E-state index in [1.54, 1.807) is 4.90 Å². The smallest absolute Gasteiger partial charge is 0.243 e. The molecule has 2 aliphatic heterocycles. The van der Waals surface area contributed by atoms with Gasteiger partial charge in [0.15, 0.2) is 0 Å². The van der Waals surface area contributed by atoms with Crippen LogP contribution in [0.3, 0.4) is 0 Å². The van der Waals surface area contributed by atoms with E-state index in [1.165, 1.54) is 0 Å². The molecule has 0 bridgehead atoms. The summed E-state index contributed by atoms with van der Waals surface area (Å²) in [5.41, 5.74) is 2.07. The number of fused-ring (bicyclic) bond motifs is 1. The Bertz CT molecular complexity index is 1480. The number of likely N-dealkylation sites (tertiary alicyclic amines) is 1. The first kappa shape index (κ1) is 34.1. The first-order valence-electron chi connectivity index (χ1n) is 17.6. The number of hydrogen-bond donors (Lipinski definition) is 3. The molecule has 2 fully saturated rings. The van der Waals surface area contributed by atoms with E-state index < -0.39 is 18.0 Å². The van der Waals surface area contributed by atoms with E-state index in [9.17, 15) is 19.2 Å². The fourth-order valence-electron chi connectivity index (χ4n) is 6.91. The van der Waals surface area contributed by atoms with Crippen molar-refractivity contribution in [1.29, 1.82) is 0 Å². The minimum atomic E-state index is -1.06. The highest BCUT2D eigenvalue weighted by atomic mass is 16.2. The van der Waals surface area contributed by atoms with Crippen LogP contribution in [0.5, 0.6) is 0 Å².